The van der Waals surface area contributed by atoms with Crippen LogP contribution in [0.25, 0.3) is 0 Å². The Hall–Kier alpha value is -3.24. The lowest BCUT2D eigenvalue weighted by Gasteiger charge is -2.23. The molecule has 1 N–H and O–H groups in total. The minimum Gasteiger partial charge on any atom is -0.454 e. The Morgan fingerprint density at radius 1 is 1.06 bits per heavy atom. The van der Waals surface area contributed by atoms with Gasteiger partial charge in [-0.05, 0) is 50.5 Å². The molecule has 0 spiro atoms. The summed E-state index contributed by atoms with van der Waals surface area (Å²) in [6.07, 6.45) is 2.06. The average Bonchev–Trinajstić information content (AvgIpc) is 3.48. The normalized spacial score (nSPS) is 18.8. The molecule has 2 aromatic rings. The third-order valence-corrected chi connectivity index (χ3v) is 7.91. The van der Waals surface area contributed by atoms with Crippen molar-refractivity contribution in [3.05, 3.63) is 54.1 Å². The van der Waals surface area contributed by atoms with Gasteiger partial charge in [0.05, 0.1) is 16.3 Å². The largest absolute Gasteiger partial charge is 0.454 e. The molecule has 0 aliphatic carbocycles. The van der Waals surface area contributed by atoms with Crippen LogP contribution < -0.4 is 10.2 Å². The van der Waals surface area contributed by atoms with Crippen LogP contribution in [0.15, 0.2) is 53.4 Å². The number of nitrogens with zero attached hydrogens (tertiary/aromatic N) is 2. The maximum atomic E-state index is 13.0. The number of anilines is 2. The van der Waals surface area contributed by atoms with Gasteiger partial charge < -0.3 is 15.0 Å². The number of ether oxygens (including phenoxy) is 1. The number of rotatable bonds is 7. The second-order valence-electron chi connectivity index (χ2n) is 8.41. The molecule has 4 rings (SSSR count). The minimum absolute atomic E-state index is 0.00997. The van der Waals surface area contributed by atoms with E-state index >= 15 is 0 Å². The second kappa shape index (κ2) is 9.94. The molecule has 1 atom stereocenters. The van der Waals surface area contributed by atoms with Crippen molar-refractivity contribution in [2.24, 2.45) is 0 Å². The first-order chi connectivity index (χ1) is 16.3. The molecule has 180 valence electrons. The standard InChI is InChI=1S/C24H27N3O6S/c1-17-10-12-18(13-11-17)34(31,32)27-15-4-8-21(27)24(30)33-16-22(28)25-19-6-2-3-7-20(19)26-14-5-9-23(26)29/h2-3,6-7,10-13,21H,4-5,8-9,14-16H2,1H3,(H,25,28)/t21-/m0/s1. The number of para-hydroxylation sites is 2. The van der Waals surface area contributed by atoms with Crippen molar-refractivity contribution in [1.29, 1.82) is 0 Å². The second-order valence-corrected chi connectivity index (χ2v) is 10.3. The van der Waals surface area contributed by atoms with E-state index in [1.807, 2.05) is 6.92 Å². The molecule has 2 fully saturated rings. The topological polar surface area (TPSA) is 113 Å². The lowest BCUT2D eigenvalue weighted by Crippen LogP contribution is -2.42. The molecular formula is C24H27N3O6S. The molecule has 0 radical (unpaired) electrons. The molecule has 2 aromatic carbocycles. The summed E-state index contributed by atoms with van der Waals surface area (Å²) in [5.41, 5.74) is 1.97. The summed E-state index contributed by atoms with van der Waals surface area (Å²) >= 11 is 0. The molecule has 2 heterocycles. The van der Waals surface area contributed by atoms with Crippen LogP contribution in [0.3, 0.4) is 0 Å². The monoisotopic (exact) mass is 485 g/mol. The van der Waals surface area contributed by atoms with Gasteiger partial charge in [0, 0.05) is 19.5 Å². The van der Waals surface area contributed by atoms with Gasteiger partial charge in [-0.1, -0.05) is 29.8 Å². The van der Waals surface area contributed by atoms with E-state index < -0.39 is 34.5 Å². The number of benzene rings is 2. The fraction of sp³-hybridized carbons (Fsp3) is 0.375. The van der Waals surface area contributed by atoms with Crippen molar-refractivity contribution in [2.45, 2.75) is 43.5 Å². The molecule has 34 heavy (non-hydrogen) atoms. The van der Waals surface area contributed by atoms with E-state index in [1.165, 1.54) is 12.1 Å². The van der Waals surface area contributed by atoms with Gasteiger partial charge in [0.2, 0.25) is 15.9 Å². The van der Waals surface area contributed by atoms with Crippen molar-refractivity contribution in [1.82, 2.24) is 4.31 Å². The van der Waals surface area contributed by atoms with Crippen molar-refractivity contribution in [3.63, 3.8) is 0 Å². The highest BCUT2D eigenvalue weighted by Crippen LogP contribution is 2.30. The molecule has 10 heteroatoms. The summed E-state index contributed by atoms with van der Waals surface area (Å²) in [6.45, 7) is 2.09. The molecule has 9 nitrogen and oxygen atoms in total. The van der Waals surface area contributed by atoms with Gasteiger partial charge in [-0.25, -0.2) is 8.42 Å². The van der Waals surface area contributed by atoms with Crippen LogP contribution in [-0.4, -0.2) is 56.2 Å². The Kier molecular flexibility index (Phi) is 6.99. The van der Waals surface area contributed by atoms with Gasteiger partial charge in [-0.15, -0.1) is 0 Å². The molecule has 2 amide bonds. The fourth-order valence-electron chi connectivity index (χ4n) is 4.25. The van der Waals surface area contributed by atoms with Gasteiger partial charge in [-0.3, -0.25) is 14.4 Å². The number of aryl methyl sites for hydroxylation is 1. The number of carbonyl (C=O) groups excluding carboxylic acids is 3. The Balaban J connectivity index is 1.39. The van der Waals surface area contributed by atoms with Crippen LogP contribution in [0.5, 0.6) is 0 Å². The fourth-order valence-corrected chi connectivity index (χ4v) is 5.89. The zero-order valence-electron chi connectivity index (χ0n) is 18.9. The third-order valence-electron chi connectivity index (χ3n) is 5.99. The Labute approximate surface area is 198 Å². The predicted molar refractivity (Wildman–Crippen MR) is 126 cm³/mol. The molecule has 2 saturated heterocycles. The molecular weight excluding hydrogens is 458 g/mol. The van der Waals surface area contributed by atoms with E-state index in [-0.39, 0.29) is 17.3 Å². The lowest BCUT2D eigenvalue weighted by molar-refractivity contribution is -0.150. The molecule has 0 unspecified atom stereocenters. The SMILES string of the molecule is Cc1ccc(S(=O)(=O)N2CCC[C@H]2C(=O)OCC(=O)Nc2ccccc2N2CCCC2=O)cc1. The highest BCUT2D eigenvalue weighted by atomic mass is 32.2. The van der Waals surface area contributed by atoms with E-state index in [1.54, 1.807) is 41.3 Å². The summed E-state index contributed by atoms with van der Waals surface area (Å²) in [6, 6.07) is 12.4. The van der Waals surface area contributed by atoms with Gasteiger partial charge in [0.1, 0.15) is 6.04 Å². The van der Waals surface area contributed by atoms with Gasteiger partial charge in [0.25, 0.3) is 5.91 Å². The Morgan fingerprint density at radius 3 is 2.50 bits per heavy atom. The van der Waals surface area contributed by atoms with Crippen molar-refractivity contribution < 1.29 is 27.5 Å². The van der Waals surface area contributed by atoms with E-state index in [2.05, 4.69) is 5.32 Å². The Bertz CT molecular complexity index is 1200. The quantitative estimate of drug-likeness (QED) is 0.603. The van der Waals surface area contributed by atoms with Crippen LogP contribution in [0.1, 0.15) is 31.2 Å². The predicted octanol–water partition coefficient (Wildman–Crippen LogP) is 2.46. The van der Waals surface area contributed by atoms with Crippen LogP contribution in [-0.2, 0) is 29.1 Å². The molecule has 0 aromatic heterocycles. The molecule has 2 aliphatic rings. The van der Waals surface area contributed by atoms with Gasteiger partial charge in [0.15, 0.2) is 6.61 Å². The first-order valence-corrected chi connectivity index (χ1v) is 12.7. The van der Waals surface area contributed by atoms with Crippen molar-refractivity contribution in [3.8, 4) is 0 Å². The highest BCUT2D eigenvalue weighted by molar-refractivity contribution is 7.89. The summed E-state index contributed by atoms with van der Waals surface area (Å²) < 4.78 is 32.4. The molecule has 0 bridgehead atoms. The number of hydrogen-bond donors (Lipinski definition) is 1. The van der Waals surface area contributed by atoms with Crippen molar-refractivity contribution in [2.75, 3.05) is 29.9 Å². The van der Waals surface area contributed by atoms with E-state index in [4.69, 9.17) is 4.74 Å². The summed E-state index contributed by atoms with van der Waals surface area (Å²) in [5.74, 6) is -1.34. The number of esters is 1. The first kappa shape index (κ1) is 23.9. The zero-order chi connectivity index (χ0) is 24.3. The lowest BCUT2D eigenvalue weighted by atomic mass is 10.2. The van der Waals surface area contributed by atoms with Crippen LogP contribution in [0.2, 0.25) is 0 Å². The molecule has 0 saturated carbocycles. The smallest absolute Gasteiger partial charge is 0.324 e. The van der Waals surface area contributed by atoms with E-state index in [0.717, 1.165) is 16.3 Å². The summed E-state index contributed by atoms with van der Waals surface area (Å²) in [4.78, 5) is 39.0. The number of sulfonamides is 1. The van der Waals surface area contributed by atoms with Gasteiger partial charge >= 0.3 is 5.97 Å². The number of hydrogen-bond acceptors (Lipinski definition) is 6. The van der Waals surface area contributed by atoms with E-state index in [0.29, 0.717) is 37.2 Å². The summed E-state index contributed by atoms with van der Waals surface area (Å²) in [5, 5.41) is 2.68. The van der Waals surface area contributed by atoms with Crippen LogP contribution in [0.4, 0.5) is 11.4 Å². The van der Waals surface area contributed by atoms with Gasteiger partial charge in [-0.2, -0.15) is 4.31 Å². The minimum atomic E-state index is -3.86. The summed E-state index contributed by atoms with van der Waals surface area (Å²) in [7, 11) is -3.86. The van der Waals surface area contributed by atoms with Crippen LogP contribution >= 0.6 is 0 Å². The highest BCUT2D eigenvalue weighted by Gasteiger charge is 2.40. The van der Waals surface area contributed by atoms with E-state index in [9.17, 15) is 22.8 Å². The molecule has 2 aliphatic heterocycles. The average molecular weight is 486 g/mol. The number of amides is 2. The van der Waals surface area contributed by atoms with Crippen LogP contribution in [0, 0.1) is 6.92 Å². The zero-order valence-corrected chi connectivity index (χ0v) is 19.7. The maximum Gasteiger partial charge on any atom is 0.324 e. The third kappa shape index (κ3) is 4.97. The maximum absolute atomic E-state index is 13.0. The first-order valence-electron chi connectivity index (χ1n) is 11.2. The Morgan fingerprint density at radius 2 is 1.79 bits per heavy atom. The number of carbonyl (C=O) groups is 3. The number of nitrogens with one attached hydrogen (secondary N) is 1. The van der Waals surface area contributed by atoms with Crippen molar-refractivity contribution >= 4 is 39.2 Å².